The van der Waals surface area contributed by atoms with Crippen LogP contribution in [0.5, 0.6) is 11.5 Å². The summed E-state index contributed by atoms with van der Waals surface area (Å²) in [4.78, 5) is 0. The van der Waals surface area contributed by atoms with Crippen molar-refractivity contribution in [2.75, 3.05) is 14.2 Å². The molecule has 2 aliphatic rings. The zero-order valence-corrected chi connectivity index (χ0v) is 18.9. The average molecular weight is 435 g/mol. The van der Waals surface area contributed by atoms with E-state index in [4.69, 9.17) is 9.47 Å². The quantitative estimate of drug-likeness (QED) is 0.382. The van der Waals surface area contributed by atoms with E-state index in [-0.39, 0.29) is 37.5 Å². The SMILES string of the molecule is COc1cccc(OC)c1-c1ccccc1P(C1CCCCC1)C1CCCCC1.[NaH]. The van der Waals surface area contributed by atoms with E-state index in [1.807, 2.05) is 6.07 Å². The minimum absolute atomic E-state index is 0. The molecule has 4 heteroatoms. The molecule has 0 aromatic heterocycles. The van der Waals surface area contributed by atoms with E-state index in [2.05, 4.69) is 36.4 Å². The fraction of sp³-hybridized carbons (Fsp3) is 0.538. The van der Waals surface area contributed by atoms with Crippen molar-refractivity contribution in [3.05, 3.63) is 42.5 Å². The summed E-state index contributed by atoms with van der Waals surface area (Å²) in [5.74, 6) is 1.83. The Bertz CT molecular complexity index is 757. The van der Waals surface area contributed by atoms with Crippen LogP contribution in [0.15, 0.2) is 42.5 Å². The van der Waals surface area contributed by atoms with E-state index in [0.29, 0.717) is 0 Å². The Morgan fingerprint density at radius 1 is 0.667 bits per heavy atom. The fourth-order valence-electron chi connectivity index (χ4n) is 5.44. The first-order valence-corrected chi connectivity index (χ1v) is 12.9. The Morgan fingerprint density at radius 3 is 1.67 bits per heavy atom. The summed E-state index contributed by atoms with van der Waals surface area (Å²) in [6.07, 6.45) is 14.2. The molecule has 30 heavy (non-hydrogen) atoms. The standard InChI is InChI=1S/C26H35O2P.Na.H/c1-27-23-17-11-18-24(28-2)26(23)22-16-9-10-19-25(22)29(20-12-5-3-6-13-20)21-14-7-4-8-15-21;;/h9-11,16-21H,3-8,12-15H2,1-2H3;;. The van der Waals surface area contributed by atoms with Gasteiger partial charge in [0.1, 0.15) is 11.5 Å². The molecule has 2 fully saturated rings. The maximum atomic E-state index is 5.80. The fourth-order valence-corrected chi connectivity index (χ4v) is 9.39. The number of methoxy groups -OCH3 is 2. The molecular weight excluding hydrogens is 398 g/mol. The molecule has 2 nitrogen and oxygen atoms in total. The molecule has 0 spiro atoms. The summed E-state index contributed by atoms with van der Waals surface area (Å²) in [5, 5.41) is 1.59. The van der Waals surface area contributed by atoms with Gasteiger partial charge in [-0.25, -0.2) is 0 Å². The monoisotopic (exact) mass is 434 g/mol. The van der Waals surface area contributed by atoms with Crippen molar-refractivity contribution >= 4 is 42.8 Å². The third-order valence-electron chi connectivity index (χ3n) is 6.82. The zero-order valence-electron chi connectivity index (χ0n) is 18.0. The molecule has 2 aliphatic carbocycles. The van der Waals surface area contributed by atoms with Crippen molar-refractivity contribution in [2.24, 2.45) is 0 Å². The van der Waals surface area contributed by atoms with Crippen molar-refractivity contribution in [3.8, 4) is 22.6 Å². The molecule has 0 radical (unpaired) electrons. The van der Waals surface area contributed by atoms with Gasteiger partial charge < -0.3 is 9.47 Å². The first-order valence-electron chi connectivity index (χ1n) is 11.4. The van der Waals surface area contributed by atoms with Crippen molar-refractivity contribution in [1.29, 1.82) is 0 Å². The second-order valence-corrected chi connectivity index (χ2v) is 11.3. The van der Waals surface area contributed by atoms with Crippen LogP contribution in [-0.4, -0.2) is 55.1 Å². The number of hydrogen-bond acceptors (Lipinski definition) is 2. The van der Waals surface area contributed by atoms with Gasteiger partial charge in [-0.05, 0) is 60.0 Å². The predicted molar refractivity (Wildman–Crippen MR) is 132 cm³/mol. The number of rotatable bonds is 6. The van der Waals surface area contributed by atoms with Gasteiger partial charge in [0, 0.05) is 0 Å². The first kappa shape index (κ1) is 24.1. The Kier molecular flexibility index (Phi) is 9.58. The number of ether oxygens (including phenoxy) is 2. The topological polar surface area (TPSA) is 18.5 Å². The van der Waals surface area contributed by atoms with Crippen LogP contribution in [-0.2, 0) is 0 Å². The van der Waals surface area contributed by atoms with Crippen LogP contribution in [0.3, 0.4) is 0 Å². The number of hydrogen-bond donors (Lipinski definition) is 0. The maximum absolute atomic E-state index is 5.80. The van der Waals surface area contributed by atoms with E-state index in [1.165, 1.54) is 69.8 Å². The van der Waals surface area contributed by atoms with Crippen molar-refractivity contribution in [1.82, 2.24) is 0 Å². The van der Waals surface area contributed by atoms with E-state index < -0.39 is 0 Å². The van der Waals surface area contributed by atoms with Gasteiger partial charge in [0.05, 0.1) is 19.8 Å². The Labute approximate surface area is 206 Å². The summed E-state index contributed by atoms with van der Waals surface area (Å²) in [5.41, 5.74) is 4.23. The molecule has 0 saturated heterocycles. The van der Waals surface area contributed by atoms with Gasteiger partial charge in [-0.2, -0.15) is 0 Å². The van der Waals surface area contributed by atoms with E-state index in [1.54, 1.807) is 19.5 Å². The van der Waals surface area contributed by atoms with Crippen LogP contribution < -0.4 is 14.8 Å². The van der Waals surface area contributed by atoms with Crippen molar-refractivity contribution in [3.63, 3.8) is 0 Å². The van der Waals surface area contributed by atoms with Gasteiger partial charge >= 0.3 is 29.6 Å². The zero-order chi connectivity index (χ0) is 20.1. The third-order valence-corrected chi connectivity index (χ3v) is 10.4. The van der Waals surface area contributed by atoms with Crippen LogP contribution in [0, 0.1) is 0 Å². The molecule has 4 rings (SSSR count). The minimum atomic E-state index is -0.182. The Morgan fingerprint density at radius 2 is 1.17 bits per heavy atom. The van der Waals surface area contributed by atoms with Crippen LogP contribution in [0.4, 0.5) is 0 Å². The van der Waals surface area contributed by atoms with Gasteiger partial charge in [0.25, 0.3) is 0 Å². The second kappa shape index (κ2) is 11.9. The molecule has 2 aromatic rings. The summed E-state index contributed by atoms with van der Waals surface area (Å²) in [7, 11) is 3.36. The normalized spacial score (nSPS) is 18.1. The molecule has 0 amide bonds. The molecule has 0 aliphatic heterocycles. The van der Waals surface area contributed by atoms with E-state index >= 15 is 0 Å². The van der Waals surface area contributed by atoms with Gasteiger partial charge in [0.15, 0.2) is 0 Å². The number of benzene rings is 2. The van der Waals surface area contributed by atoms with E-state index in [9.17, 15) is 0 Å². The summed E-state index contributed by atoms with van der Waals surface area (Å²) in [6, 6.07) is 15.3. The van der Waals surface area contributed by atoms with Gasteiger partial charge in [0.2, 0.25) is 0 Å². The second-order valence-electron chi connectivity index (χ2n) is 8.55. The molecule has 2 saturated carbocycles. The average Bonchev–Trinajstić information content (AvgIpc) is 2.80. The first-order chi connectivity index (χ1) is 14.3. The van der Waals surface area contributed by atoms with Crippen LogP contribution in [0.2, 0.25) is 0 Å². The van der Waals surface area contributed by atoms with Crippen LogP contribution >= 0.6 is 7.92 Å². The Hall–Kier alpha value is -0.530. The van der Waals surface area contributed by atoms with Crippen molar-refractivity contribution in [2.45, 2.75) is 75.5 Å². The van der Waals surface area contributed by atoms with Crippen LogP contribution in [0.25, 0.3) is 11.1 Å². The van der Waals surface area contributed by atoms with Crippen molar-refractivity contribution < 1.29 is 9.47 Å². The third kappa shape index (κ3) is 5.26. The molecule has 0 atom stereocenters. The van der Waals surface area contributed by atoms with Crippen LogP contribution in [0.1, 0.15) is 64.2 Å². The molecule has 0 bridgehead atoms. The molecule has 2 aromatic carbocycles. The predicted octanol–water partition coefficient (Wildman–Crippen LogP) is 6.49. The summed E-state index contributed by atoms with van der Waals surface area (Å²) >= 11 is 0. The molecule has 0 heterocycles. The van der Waals surface area contributed by atoms with E-state index in [0.717, 1.165) is 28.4 Å². The molecular formula is C26H36NaO2P. The van der Waals surface area contributed by atoms with Gasteiger partial charge in [-0.15, -0.1) is 0 Å². The molecule has 0 unspecified atom stereocenters. The molecule has 158 valence electrons. The van der Waals surface area contributed by atoms with Gasteiger partial charge in [-0.1, -0.05) is 76.8 Å². The Balaban J connectivity index is 0.00000256. The summed E-state index contributed by atoms with van der Waals surface area (Å²) < 4.78 is 11.6. The summed E-state index contributed by atoms with van der Waals surface area (Å²) in [6.45, 7) is 0. The molecule has 0 N–H and O–H groups in total. The van der Waals surface area contributed by atoms with Gasteiger partial charge in [-0.3, -0.25) is 0 Å².